The third-order valence-electron chi connectivity index (χ3n) is 8.00. The Labute approximate surface area is 258 Å². The third-order valence-corrected chi connectivity index (χ3v) is 8.00. The minimum Gasteiger partial charge on any atom is -0.497 e. The molecule has 2 aromatic heterocycles. The summed E-state index contributed by atoms with van der Waals surface area (Å²) in [6, 6.07) is 18.1. The van der Waals surface area contributed by atoms with E-state index in [1.54, 1.807) is 75.0 Å². The maximum Gasteiger partial charge on any atom is 0.331 e. The summed E-state index contributed by atoms with van der Waals surface area (Å²) in [5, 5.41) is 1.47. The Hall–Kier alpha value is -5.38. The highest BCUT2D eigenvalue weighted by Crippen LogP contribution is 2.49. The molecule has 10 heteroatoms. The van der Waals surface area contributed by atoms with Crippen LogP contribution in [0.15, 0.2) is 71.5 Å². The Balaban J connectivity index is 1.54. The van der Waals surface area contributed by atoms with E-state index in [1.807, 2.05) is 24.3 Å². The number of aryl methyl sites for hydroxylation is 1. The number of fused-ring (bicyclic) bond motifs is 5. The minimum absolute atomic E-state index is 0.258. The van der Waals surface area contributed by atoms with E-state index in [4.69, 9.17) is 28.7 Å². The van der Waals surface area contributed by atoms with E-state index < -0.39 is 29.7 Å². The molecule has 230 valence electrons. The van der Waals surface area contributed by atoms with Crippen LogP contribution in [0.3, 0.4) is 0 Å². The number of esters is 2. The van der Waals surface area contributed by atoms with Crippen molar-refractivity contribution in [3.63, 3.8) is 0 Å². The SMILES string of the molecule is COc1ccc(/C=C/C(=O)O[C@@H]2[C@H](OC(C)=O)c3c(cc(OC)c4c(=O)c5cc6ccccc6nc5n(C)c34)OC2(C)C)cc1. The van der Waals surface area contributed by atoms with Gasteiger partial charge in [-0.15, -0.1) is 0 Å². The number of rotatable bonds is 6. The fraction of sp³-hybridized carbons (Fsp3) is 0.257. The van der Waals surface area contributed by atoms with E-state index in [1.165, 1.54) is 20.1 Å². The Morgan fingerprint density at radius 1 is 1.00 bits per heavy atom. The molecule has 3 heterocycles. The van der Waals surface area contributed by atoms with Gasteiger partial charge < -0.3 is 28.3 Å². The van der Waals surface area contributed by atoms with Gasteiger partial charge >= 0.3 is 11.9 Å². The second kappa shape index (κ2) is 11.3. The molecule has 0 N–H and O–H groups in total. The first kappa shape index (κ1) is 29.7. The van der Waals surface area contributed by atoms with E-state index in [-0.39, 0.29) is 16.6 Å². The zero-order valence-electron chi connectivity index (χ0n) is 25.7. The van der Waals surface area contributed by atoms with Crippen molar-refractivity contribution in [2.45, 2.75) is 38.6 Å². The zero-order chi connectivity index (χ0) is 32.0. The maximum absolute atomic E-state index is 14.1. The molecule has 0 amide bonds. The minimum atomic E-state index is -1.15. The van der Waals surface area contributed by atoms with Crippen LogP contribution in [0.5, 0.6) is 17.2 Å². The van der Waals surface area contributed by atoms with Crippen LogP contribution in [-0.2, 0) is 26.1 Å². The lowest BCUT2D eigenvalue weighted by molar-refractivity contribution is -0.185. The fourth-order valence-corrected chi connectivity index (χ4v) is 5.90. The van der Waals surface area contributed by atoms with Gasteiger partial charge in [0.2, 0.25) is 5.43 Å². The van der Waals surface area contributed by atoms with Crippen molar-refractivity contribution in [3.05, 3.63) is 88.1 Å². The van der Waals surface area contributed by atoms with Crippen LogP contribution in [0.2, 0.25) is 0 Å². The van der Waals surface area contributed by atoms with Crippen molar-refractivity contribution in [1.29, 1.82) is 0 Å². The van der Waals surface area contributed by atoms with Gasteiger partial charge in [0, 0.05) is 31.5 Å². The Kier molecular flexibility index (Phi) is 7.44. The molecule has 45 heavy (non-hydrogen) atoms. The zero-order valence-corrected chi connectivity index (χ0v) is 25.7. The number of aromatic nitrogens is 2. The first-order chi connectivity index (χ1) is 21.5. The van der Waals surface area contributed by atoms with Crippen LogP contribution in [0.4, 0.5) is 0 Å². The Bertz CT molecular complexity index is 2080. The van der Waals surface area contributed by atoms with Crippen molar-refractivity contribution in [2.24, 2.45) is 7.05 Å². The average Bonchev–Trinajstić information content (AvgIpc) is 3.02. The predicted molar refractivity (Wildman–Crippen MR) is 170 cm³/mol. The Morgan fingerprint density at radius 2 is 1.73 bits per heavy atom. The number of ether oxygens (including phenoxy) is 5. The quantitative estimate of drug-likeness (QED) is 0.137. The van der Waals surface area contributed by atoms with Gasteiger partial charge in [-0.25, -0.2) is 9.78 Å². The van der Waals surface area contributed by atoms with Crippen molar-refractivity contribution < 1.29 is 33.3 Å². The molecule has 5 aromatic rings. The van der Waals surface area contributed by atoms with Gasteiger partial charge in [-0.2, -0.15) is 0 Å². The molecule has 0 radical (unpaired) electrons. The topological polar surface area (TPSA) is 115 Å². The maximum atomic E-state index is 14.1. The smallest absolute Gasteiger partial charge is 0.331 e. The molecule has 1 aliphatic rings. The summed E-state index contributed by atoms with van der Waals surface area (Å²) < 4.78 is 31.0. The van der Waals surface area contributed by atoms with Crippen LogP contribution in [0.25, 0.3) is 38.9 Å². The van der Waals surface area contributed by atoms with Gasteiger partial charge in [0.05, 0.1) is 41.6 Å². The highest BCUT2D eigenvalue weighted by molar-refractivity contribution is 6.02. The highest BCUT2D eigenvalue weighted by Gasteiger charge is 2.50. The highest BCUT2D eigenvalue weighted by atomic mass is 16.6. The van der Waals surface area contributed by atoms with Crippen molar-refractivity contribution in [2.75, 3.05) is 14.2 Å². The normalized spacial score (nSPS) is 17.2. The van der Waals surface area contributed by atoms with Crippen LogP contribution in [0.1, 0.15) is 38.0 Å². The largest absolute Gasteiger partial charge is 0.497 e. The number of carbonyl (C=O) groups excluding carboxylic acids is 2. The Morgan fingerprint density at radius 3 is 2.42 bits per heavy atom. The van der Waals surface area contributed by atoms with Gasteiger partial charge in [0.25, 0.3) is 0 Å². The second-order valence-corrected chi connectivity index (χ2v) is 11.4. The average molecular weight is 609 g/mol. The van der Waals surface area contributed by atoms with Gasteiger partial charge in [-0.1, -0.05) is 30.3 Å². The lowest BCUT2D eigenvalue weighted by atomic mass is 9.86. The van der Waals surface area contributed by atoms with Crippen LogP contribution < -0.4 is 19.6 Å². The van der Waals surface area contributed by atoms with Gasteiger partial charge in [0.1, 0.15) is 28.5 Å². The van der Waals surface area contributed by atoms with Crippen molar-refractivity contribution in [1.82, 2.24) is 9.55 Å². The molecule has 0 aliphatic carbocycles. The summed E-state index contributed by atoms with van der Waals surface area (Å²) in [5.74, 6) is 0.0327. The molecule has 2 atom stereocenters. The molecule has 1 aliphatic heterocycles. The van der Waals surface area contributed by atoms with E-state index in [2.05, 4.69) is 0 Å². The molecule has 0 bridgehead atoms. The number of para-hydroxylation sites is 1. The standard InChI is InChI=1S/C35H32N2O8/c1-19(38)43-32-29-26(45-35(2,3)33(32)44-27(39)16-13-20-11-14-22(41-5)15-12-20)18-25(42-6)28-30(29)37(4)34-23(31(28)40)17-21-9-7-8-10-24(21)36-34/h7-18,32-33H,1-6H3/b16-13+/t32-,33-/m1/s1. The number of nitrogens with zero attached hydrogens (tertiary/aromatic N) is 2. The molecule has 0 saturated carbocycles. The van der Waals surface area contributed by atoms with Crippen molar-refractivity contribution in [3.8, 4) is 17.2 Å². The number of hydrogen-bond acceptors (Lipinski definition) is 9. The molecular formula is C35H32N2O8. The number of carbonyl (C=O) groups is 2. The summed E-state index contributed by atoms with van der Waals surface area (Å²) >= 11 is 0. The molecule has 3 aromatic carbocycles. The molecule has 10 nitrogen and oxygen atoms in total. The van der Waals surface area contributed by atoms with Crippen LogP contribution in [-0.4, -0.2) is 47.4 Å². The van der Waals surface area contributed by atoms with Crippen molar-refractivity contribution >= 4 is 50.9 Å². The fourth-order valence-electron chi connectivity index (χ4n) is 5.90. The summed E-state index contributed by atoms with van der Waals surface area (Å²) in [6.45, 7) is 4.75. The van der Waals surface area contributed by atoms with Gasteiger partial charge in [-0.05, 0) is 49.8 Å². The van der Waals surface area contributed by atoms with E-state index in [0.29, 0.717) is 39.1 Å². The predicted octanol–water partition coefficient (Wildman–Crippen LogP) is 5.66. The van der Waals surface area contributed by atoms with E-state index >= 15 is 0 Å². The molecule has 0 spiro atoms. The summed E-state index contributed by atoms with van der Waals surface area (Å²) in [5.41, 5.74) is 1.19. The first-order valence-corrected chi connectivity index (χ1v) is 14.3. The second-order valence-electron chi connectivity index (χ2n) is 11.4. The molecular weight excluding hydrogens is 576 g/mol. The number of pyridine rings is 2. The molecule has 0 unspecified atom stereocenters. The molecule has 0 fully saturated rings. The molecule has 6 rings (SSSR count). The lowest BCUT2D eigenvalue weighted by Gasteiger charge is -2.43. The number of benzene rings is 3. The monoisotopic (exact) mass is 608 g/mol. The van der Waals surface area contributed by atoms with Crippen LogP contribution >= 0.6 is 0 Å². The first-order valence-electron chi connectivity index (χ1n) is 14.3. The van der Waals surface area contributed by atoms with Gasteiger partial charge in [0.15, 0.2) is 12.2 Å². The number of methoxy groups -OCH3 is 2. The third kappa shape index (κ3) is 5.22. The summed E-state index contributed by atoms with van der Waals surface area (Å²) in [7, 11) is 4.82. The summed E-state index contributed by atoms with van der Waals surface area (Å²) in [4.78, 5) is 44.7. The van der Waals surface area contributed by atoms with Gasteiger partial charge in [-0.3, -0.25) is 9.59 Å². The van der Waals surface area contributed by atoms with E-state index in [9.17, 15) is 14.4 Å². The lowest BCUT2D eigenvalue weighted by Crippen LogP contribution is -2.52. The molecule has 0 saturated heterocycles. The van der Waals surface area contributed by atoms with Crippen LogP contribution in [0, 0.1) is 0 Å². The van der Waals surface area contributed by atoms with E-state index in [0.717, 1.165) is 10.9 Å². The summed E-state index contributed by atoms with van der Waals surface area (Å²) in [6.07, 6.45) is 0.688. The number of hydrogen-bond donors (Lipinski definition) is 0.